The van der Waals surface area contributed by atoms with Crippen molar-refractivity contribution in [3.63, 3.8) is 0 Å². The predicted molar refractivity (Wildman–Crippen MR) is 121 cm³/mol. The van der Waals surface area contributed by atoms with Gasteiger partial charge in [0.15, 0.2) is 6.61 Å². The summed E-state index contributed by atoms with van der Waals surface area (Å²) >= 11 is 0. The summed E-state index contributed by atoms with van der Waals surface area (Å²) in [4.78, 5) is 23.8. The van der Waals surface area contributed by atoms with E-state index in [1.54, 1.807) is 0 Å². The number of carbonyl (C=O) groups is 2. The normalized spacial score (nSPS) is 11.3. The van der Waals surface area contributed by atoms with Gasteiger partial charge in [-0.25, -0.2) is 0 Å². The van der Waals surface area contributed by atoms with Crippen molar-refractivity contribution in [2.75, 3.05) is 6.61 Å². The summed E-state index contributed by atoms with van der Waals surface area (Å²) in [6.07, 6.45) is 11.5. The third-order valence-electron chi connectivity index (χ3n) is 4.93. The first-order chi connectivity index (χ1) is 14.7. The van der Waals surface area contributed by atoms with E-state index in [-0.39, 0.29) is 31.5 Å². The molecule has 30 heavy (non-hydrogen) atoms. The third kappa shape index (κ3) is 13.0. The first-order valence-electron chi connectivity index (χ1n) is 11.5. The topological polar surface area (TPSA) is 52.6 Å². The first-order valence-corrected chi connectivity index (χ1v) is 11.5. The molecule has 0 aliphatic carbocycles. The minimum Gasteiger partial charge on any atom is -0.457 e. The van der Waals surface area contributed by atoms with E-state index in [1.165, 1.54) is 44.9 Å². The highest BCUT2D eigenvalue weighted by Gasteiger charge is 2.16. The Morgan fingerprint density at radius 1 is 0.833 bits per heavy atom. The summed E-state index contributed by atoms with van der Waals surface area (Å²) in [7, 11) is 0. The van der Waals surface area contributed by atoms with Crippen LogP contribution in [-0.4, -0.2) is 18.5 Å². The lowest BCUT2D eigenvalue weighted by atomic mass is 10.1. The van der Waals surface area contributed by atoms with Crippen LogP contribution in [0.3, 0.4) is 0 Å². The lowest BCUT2D eigenvalue weighted by molar-refractivity contribution is -0.153. The molecule has 0 spiro atoms. The van der Waals surface area contributed by atoms with Gasteiger partial charge in [-0.1, -0.05) is 101 Å². The fourth-order valence-corrected chi connectivity index (χ4v) is 3.15. The minimum absolute atomic E-state index is 0.0176. The molecule has 4 heteroatoms. The molecule has 4 nitrogen and oxygen atoms in total. The summed E-state index contributed by atoms with van der Waals surface area (Å²) in [5.74, 6) is 5.12. The van der Waals surface area contributed by atoms with Crippen molar-refractivity contribution in [1.82, 2.24) is 0 Å². The summed E-state index contributed by atoms with van der Waals surface area (Å²) in [6, 6.07) is 9.62. The van der Waals surface area contributed by atoms with Gasteiger partial charge in [0.2, 0.25) is 0 Å². The second-order valence-corrected chi connectivity index (χ2v) is 7.54. The van der Waals surface area contributed by atoms with Crippen LogP contribution in [0.25, 0.3) is 0 Å². The van der Waals surface area contributed by atoms with Crippen LogP contribution in [-0.2, 0) is 19.1 Å². The number of hydrogen-bond acceptors (Lipinski definition) is 4. The molecular formula is C26H38O4. The standard InChI is InChI=1S/C26H38O4/c1-3-5-6-7-8-9-10-11-12-13-17-22-29-25(27)20-21-26(28)30-24(4-2)23-18-15-14-16-19-23/h14-16,18-19,24H,3-12,20-22H2,1-2H3. The van der Waals surface area contributed by atoms with Crippen molar-refractivity contribution in [3.8, 4) is 11.8 Å². The van der Waals surface area contributed by atoms with Gasteiger partial charge < -0.3 is 9.47 Å². The molecule has 0 heterocycles. The Morgan fingerprint density at radius 3 is 2.13 bits per heavy atom. The van der Waals surface area contributed by atoms with Crippen LogP contribution in [0.4, 0.5) is 0 Å². The molecule has 0 fully saturated rings. The van der Waals surface area contributed by atoms with E-state index in [9.17, 15) is 9.59 Å². The summed E-state index contributed by atoms with van der Waals surface area (Å²) in [5.41, 5.74) is 0.961. The quantitative estimate of drug-likeness (QED) is 0.186. The highest BCUT2D eigenvalue weighted by Crippen LogP contribution is 2.21. The van der Waals surface area contributed by atoms with Crippen molar-refractivity contribution >= 4 is 11.9 Å². The van der Waals surface area contributed by atoms with E-state index >= 15 is 0 Å². The van der Waals surface area contributed by atoms with Crippen LogP contribution in [0, 0.1) is 11.8 Å². The number of hydrogen-bond donors (Lipinski definition) is 0. The van der Waals surface area contributed by atoms with Crippen molar-refractivity contribution < 1.29 is 19.1 Å². The van der Waals surface area contributed by atoms with Gasteiger partial charge in [0.25, 0.3) is 0 Å². The first kappa shape index (κ1) is 25.8. The monoisotopic (exact) mass is 414 g/mol. The smallest absolute Gasteiger partial charge is 0.307 e. The van der Waals surface area contributed by atoms with Gasteiger partial charge in [0.05, 0.1) is 12.8 Å². The fraction of sp³-hybridized carbons (Fsp3) is 0.615. The van der Waals surface area contributed by atoms with Gasteiger partial charge >= 0.3 is 11.9 Å². The highest BCUT2D eigenvalue weighted by molar-refractivity contribution is 5.77. The number of esters is 2. The Balaban J connectivity index is 2.06. The number of carbonyl (C=O) groups excluding carboxylic acids is 2. The lowest BCUT2D eigenvalue weighted by Crippen LogP contribution is -2.13. The summed E-state index contributed by atoms with van der Waals surface area (Å²) < 4.78 is 10.5. The molecule has 0 radical (unpaired) electrons. The van der Waals surface area contributed by atoms with Gasteiger partial charge in [0, 0.05) is 6.42 Å². The van der Waals surface area contributed by atoms with Gasteiger partial charge in [0.1, 0.15) is 6.10 Å². The van der Waals surface area contributed by atoms with E-state index < -0.39 is 5.97 Å². The van der Waals surface area contributed by atoms with Crippen LogP contribution in [0.15, 0.2) is 30.3 Å². The lowest BCUT2D eigenvalue weighted by Gasteiger charge is -2.16. The maximum atomic E-state index is 12.0. The average Bonchev–Trinajstić information content (AvgIpc) is 2.77. The van der Waals surface area contributed by atoms with Crippen LogP contribution in [0.5, 0.6) is 0 Å². The Morgan fingerprint density at radius 2 is 1.47 bits per heavy atom. The molecular weight excluding hydrogens is 376 g/mol. The largest absolute Gasteiger partial charge is 0.457 e. The Kier molecular flexibility index (Phi) is 15.1. The molecule has 0 aliphatic rings. The van der Waals surface area contributed by atoms with Crippen LogP contribution in [0.2, 0.25) is 0 Å². The summed E-state index contributed by atoms with van der Waals surface area (Å²) in [6.45, 7) is 4.29. The third-order valence-corrected chi connectivity index (χ3v) is 4.93. The molecule has 1 atom stereocenters. The average molecular weight is 415 g/mol. The van der Waals surface area contributed by atoms with E-state index in [0.29, 0.717) is 6.42 Å². The maximum absolute atomic E-state index is 12.0. The zero-order chi connectivity index (χ0) is 21.9. The maximum Gasteiger partial charge on any atom is 0.307 e. The SMILES string of the molecule is CCCCCCCCCCC#CCOC(=O)CCC(=O)OC(CC)c1ccccc1. The van der Waals surface area contributed by atoms with E-state index in [2.05, 4.69) is 18.8 Å². The van der Waals surface area contributed by atoms with Crippen molar-refractivity contribution in [3.05, 3.63) is 35.9 Å². The molecule has 1 rings (SSSR count). The molecule has 0 N–H and O–H groups in total. The second-order valence-electron chi connectivity index (χ2n) is 7.54. The Bertz CT molecular complexity index is 642. The zero-order valence-corrected chi connectivity index (χ0v) is 18.8. The van der Waals surface area contributed by atoms with Crippen LogP contribution >= 0.6 is 0 Å². The fourth-order valence-electron chi connectivity index (χ4n) is 3.15. The predicted octanol–water partition coefficient (Wildman–Crippen LogP) is 6.54. The zero-order valence-electron chi connectivity index (χ0n) is 18.8. The Labute approximate surface area is 182 Å². The second kappa shape index (κ2) is 17.6. The van der Waals surface area contributed by atoms with Gasteiger partial charge in [-0.3, -0.25) is 9.59 Å². The van der Waals surface area contributed by atoms with E-state index in [1.807, 2.05) is 37.3 Å². The molecule has 0 bridgehead atoms. The van der Waals surface area contributed by atoms with Crippen LogP contribution in [0.1, 0.15) is 103 Å². The van der Waals surface area contributed by atoms with Gasteiger partial charge in [-0.15, -0.1) is 0 Å². The molecule has 1 aromatic carbocycles. The molecule has 0 aliphatic heterocycles. The van der Waals surface area contributed by atoms with E-state index in [4.69, 9.17) is 9.47 Å². The number of ether oxygens (including phenoxy) is 2. The van der Waals surface area contributed by atoms with Gasteiger partial charge in [-0.05, 0) is 18.4 Å². The molecule has 166 valence electrons. The van der Waals surface area contributed by atoms with Crippen molar-refractivity contribution in [1.29, 1.82) is 0 Å². The highest BCUT2D eigenvalue weighted by atomic mass is 16.5. The van der Waals surface area contributed by atoms with Crippen molar-refractivity contribution in [2.45, 2.75) is 97.0 Å². The van der Waals surface area contributed by atoms with E-state index in [0.717, 1.165) is 18.4 Å². The molecule has 0 saturated heterocycles. The molecule has 0 amide bonds. The van der Waals surface area contributed by atoms with Crippen molar-refractivity contribution in [2.24, 2.45) is 0 Å². The van der Waals surface area contributed by atoms with Gasteiger partial charge in [-0.2, -0.15) is 0 Å². The number of unbranched alkanes of at least 4 members (excludes halogenated alkanes) is 8. The number of rotatable bonds is 15. The molecule has 1 unspecified atom stereocenters. The molecule has 0 saturated carbocycles. The summed E-state index contributed by atoms with van der Waals surface area (Å²) in [5, 5.41) is 0. The van der Waals surface area contributed by atoms with Crippen LogP contribution < -0.4 is 0 Å². The Hall–Kier alpha value is -2.28. The molecule has 0 aromatic heterocycles. The number of benzene rings is 1. The molecule has 1 aromatic rings. The minimum atomic E-state index is -0.416.